The fourth-order valence-corrected chi connectivity index (χ4v) is 4.79. The lowest BCUT2D eigenvalue weighted by Crippen LogP contribution is -2.47. The van der Waals surface area contributed by atoms with Gasteiger partial charge in [-0.1, -0.05) is 35.5 Å². The third-order valence-corrected chi connectivity index (χ3v) is 6.41. The molecule has 0 bridgehead atoms. The lowest BCUT2D eigenvalue weighted by Gasteiger charge is -2.42. The zero-order valence-electron chi connectivity index (χ0n) is 15.3. The van der Waals surface area contributed by atoms with E-state index >= 15 is 0 Å². The lowest BCUT2D eigenvalue weighted by atomic mass is 9.86. The Morgan fingerprint density at radius 3 is 2.54 bits per heavy atom. The molecule has 142 valence electrons. The average Bonchev–Trinajstić information content (AvgIpc) is 2.74. The Balaban J connectivity index is 1.63. The van der Waals surface area contributed by atoms with Gasteiger partial charge in [-0.05, 0) is 42.0 Å². The number of methoxy groups -OCH3 is 1. The zero-order valence-corrected chi connectivity index (χ0v) is 16.8. The van der Waals surface area contributed by atoms with Crippen molar-refractivity contribution in [3.8, 4) is 11.8 Å². The predicted molar refractivity (Wildman–Crippen MR) is 111 cm³/mol. The summed E-state index contributed by atoms with van der Waals surface area (Å²) in [6.45, 7) is 0.434. The number of allylic oxidation sites excluding steroid dienone is 1. The van der Waals surface area contributed by atoms with Gasteiger partial charge in [-0.25, -0.2) is 0 Å². The molecule has 2 aromatic carbocycles. The van der Waals surface area contributed by atoms with Gasteiger partial charge in [0.2, 0.25) is 5.91 Å². The number of nitrogens with zero attached hydrogens (tertiary/aromatic N) is 3. The normalized spacial score (nSPS) is 19.3. The smallest absolute Gasteiger partial charge is 0.229 e. The van der Waals surface area contributed by atoms with E-state index in [0.29, 0.717) is 23.1 Å². The summed E-state index contributed by atoms with van der Waals surface area (Å²) in [5.74, 6) is 1.23. The van der Waals surface area contributed by atoms with Crippen molar-refractivity contribution in [3.05, 3.63) is 69.7 Å². The highest BCUT2D eigenvalue weighted by atomic mass is 35.5. The van der Waals surface area contributed by atoms with Crippen molar-refractivity contribution in [2.45, 2.75) is 12.3 Å². The van der Waals surface area contributed by atoms with Crippen LogP contribution in [0.4, 0.5) is 5.69 Å². The number of fused-ring (bicyclic) bond motifs is 1. The van der Waals surface area contributed by atoms with E-state index in [1.54, 1.807) is 12.0 Å². The maximum absolute atomic E-state index is 12.9. The van der Waals surface area contributed by atoms with Gasteiger partial charge in [0.05, 0.1) is 36.3 Å². The predicted octanol–water partition coefficient (Wildman–Crippen LogP) is 4.57. The number of ether oxygens (including phenoxy) is 1. The van der Waals surface area contributed by atoms with Crippen LogP contribution in [0.3, 0.4) is 0 Å². The van der Waals surface area contributed by atoms with Gasteiger partial charge in [-0.15, -0.1) is 0 Å². The minimum absolute atomic E-state index is 0.0287. The standard InChI is InChI=1S/C21H18ClN3O2S/c1-27-17-8-2-14(3-9-17)18-10-20(26)25-12-24(13-28-21(25)19(18)11-23)16-6-4-15(22)5-7-16/h2-9,18H,10,12-13H2,1H3/t18-/m0/s1. The lowest BCUT2D eigenvalue weighted by molar-refractivity contribution is -0.129. The molecule has 0 unspecified atom stereocenters. The number of benzene rings is 2. The van der Waals surface area contributed by atoms with Crippen molar-refractivity contribution < 1.29 is 9.53 Å². The highest BCUT2D eigenvalue weighted by Crippen LogP contribution is 2.43. The molecular weight excluding hydrogens is 394 g/mol. The number of hydrogen-bond donors (Lipinski definition) is 0. The quantitative estimate of drug-likeness (QED) is 0.740. The number of halogens is 1. The Hall–Kier alpha value is -2.62. The fourth-order valence-electron chi connectivity index (χ4n) is 3.50. The molecular formula is C21H18ClN3O2S. The number of amides is 1. The molecule has 2 heterocycles. The molecule has 1 atom stereocenters. The van der Waals surface area contributed by atoms with Gasteiger partial charge in [-0.3, -0.25) is 9.69 Å². The highest BCUT2D eigenvalue weighted by Gasteiger charge is 2.38. The number of carbonyl (C=O) groups excluding carboxylic acids is 1. The van der Waals surface area contributed by atoms with E-state index < -0.39 is 0 Å². The van der Waals surface area contributed by atoms with Gasteiger partial charge in [0.1, 0.15) is 5.75 Å². The molecule has 0 N–H and O–H groups in total. The molecule has 1 saturated heterocycles. The van der Waals surface area contributed by atoms with E-state index in [4.69, 9.17) is 16.3 Å². The molecule has 5 nitrogen and oxygen atoms in total. The molecule has 0 aromatic heterocycles. The maximum Gasteiger partial charge on any atom is 0.229 e. The largest absolute Gasteiger partial charge is 0.497 e. The Kier molecular flexibility index (Phi) is 5.21. The number of anilines is 1. The average molecular weight is 412 g/mol. The topological polar surface area (TPSA) is 56.6 Å². The Morgan fingerprint density at radius 2 is 1.89 bits per heavy atom. The summed E-state index contributed by atoms with van der Waals surface area (Å²) in [5, 5.41) is 11.3. The summed E-state index contributed by atoms with van der Waals surface area (Å²) in [5.41, 5.74) is 2.61. The second-order valence-corrected chi connectivity index (χ2v) is 7.98. The van der Waals surface area contributed by atoms with Crippen LogP contribution in [0, 0.1) is 11.3 Å². The van der Waals surface area contributed by atoms with Gasteiger partial charge in [-0.2, -0.15) is 5.26 Å². The van der Waals surface area contributed by atoms with E-state index in [9.17, 15) is 10.1 Å². The summed E-state index contributed by atoms with van der Waals surface area (Å²) in [6.07, 6.45) is 0.285. The first-order valence-electron chi connectivity index (χ1n) is 8.82. The van der Waals surface area contributed by atoms with Crippen LogP contribution in [0.5, 0.6) is 5.75 Å². The van der Waals surface area contributed by atoms with Crippen LogP contribution >= 0.6 is 23.4 Å². The van der Waals surface area contributed by atoms with Gasteiger partial charge in [0, 0.05) is 23.0 Å². The van der Waals surface area contributed by atoms with Crippen LogP contribution in [-0.2, 0) is 4.79 Å². The monoisotopic (exact) mass is 411 g/mol. The van der Waals surface area contributed by atoms with Crippen LogP contribution in [-0.4, -0.2) is 30.5 Å². The number of thioether (sulfide) groups is 1. The van der Waals surface area contributed by atoms with E-state index in [0.717, 1.165) is 22.0 Å². The van der Waals surface area contributed by atoms with E-state index in [1.807, 2.05) is 48.5 Å². The summed E-state index contributed by atoms with van der Waals surface area (Å²) in [7, 11) is 1.62. The Labute approximate surface area is 173 Å². The van der Waals surface area contributed by atoms with Crippen LogP contribution < -0.4 is 9.64 Å². The second kappa shape index (κ2) is 7.78. The van der Waals surface area contributed by atoms with Crippen LogP contribution in [0.1, 0.15) is 17.9 Å². The summed E-state index contributed by atoms with van der Waals surface area (Å²) in [4.78, 5) is 16.8. The van der Waals surface area contributed by atoms with Crippen LogP contribution in [0.25, 0.3) is 0 Å². The van der Waals surface area contributed by atoms with Gasteiger partial charge < -0.3 is 9.64 Å². The Bertz CT molecular complexity index is 967. The third-order valence-electron chi connectivity index (χ3n) is 5.00. The summed E-state index contributed by atoms with van der Waals surface area (Å²) in [6, 6.07) is 17.5. The van der Waals surface area contributed by atoms with Crippen molar-refractivity contribution in [1.29, 1.82) is 5.26 Å². The number of carbonyl (C=O) groups is 1. The Morgan fingerprint density at radius 1 is 1.18 bits per heavy atom. The first-order chi connectivity index (χ1) is 13.6. The van der Waals surface area contributed by atoms with Crippen molar-refractivity contribution in [2.75, 3.05) is 24.6 Å². The molecule has 0 saturated carbocycles. The molecule has 2 aliphatic rings. The first kappa shape index (κ1) is 18.7. The van der Waals surface area contributed by atoms with E-state index in [1.165, 1.54) is 11.8 Å². The fraction of sp³-hybridized carbons (Fsp3) is 0.238. The molecule has 0 radical (unpaired) electrons. The minimum Gasteiger partial charge on any atom is -0.497 e. The van der Waals surface area contributed by atoms with Crippen molar-refractivity contribution in [3.63, 3.8) is 0 Å². The molecule has 0 spiro atoms. The molecule has 1 amide bonds. The van der Waals surface area contributed by atoms with Crippen molar-refractivity contribution in [2.24, 2.45) is 0 Å². The van der Waals surface area contributed by atoms with Gasteiger partial charge >= 0.3 is 0 Å². The third kappa shape index (κ3) is 3.44. The number of nitriles is 1. The maximum atomic E-state index is 12.9. The summed E-state index contributed by atoms with van der Waals surface area (Å²) >= 11 is 7.50. The highest BCUT2D eigenvalue weighted by molar-refractivity contribution is 8.03. The zero-order chi connectivity index (χ0) is 19.7. The molecule has 7 heteroatoms. The first-order valence-corrected chi connectivity index (χ1v) is 10.2. The van der Waals surface area contributed by atoms with Crippen molar-refractivity contribution >= 4 is 35.0 Å². The molecule has 2 aliphatic heterocycles. The molecule has 1 fully saturated rings. The second-order valence-electron chi connectivity index (χ2n) is 6.61. The van der Waals surface area contributed by atoms with Crippen LogP contribution in [0.2, 0.25) is 5.02 Å². The SMILES string of the molecule is COc1ccc([C@@H]2CC(=O)N3CN(c4ccc(Cl)cc4)CSC3=C2C#N)cc1. The van der Waals surface area contributed by atoms with Gasteiger partial charge in [0.15, 0.2) is 0 Å². The summed E-state index contributed by atoms with van der Waals surface area (Å²) < 4.78 is 5.21. The number of rotatable bonds is 3. The molecule has 28 heavy (non-hydrogen) atoms. The van der Waals surface area contributed by atoms with Crippen LogP contribution in [0.15, 0.2) is 59.1 Å². The molecule has 4 rings (SSSR count). The van der Waals surface area contributed by atoms with E-state index in [-0.39, 0.29) is 18.2 Å². The van der Waals surface area contributed by atoms with Gasteiger partial charge in [0.25, 0.3) is 0 Å². The van der Waals surface area contributed by atoms with Crippen molar-refractivity contribution in [1.82, 2.24) is 4.90 Å². The molecule has 0 aliphatic carbocycles. The van der Waals surface area contributed by atoms with E-state index in [2.05, 4.69) is 11.0 Å². The molecule has 2 aromatic rings. The minimum atomic E-state index is -0.218. The number of hydrogen-bond acceptors (Lipinski definition) is 5.